The molecule has 0 saturated carbocycles. The van der Waals surface area contributed by atoms with Crippen molar-refractivity contribution in [3.63, 3.8) is 0 Å². The first kappa shape index (κ1) is 18.8. The predicted molar refractivity (Wildman–Crippen MR) is 120 cm³/mol. The maximum atomic E-state index is 12.6. The summed E-state index contributed by atoms with van der Waals surface area (Å²) >= 11 is 1.35. The van der Waals surface area contributed by atoms with Gasteiger partial charge in [0.25, 0.3) is 0 Å². The van der Waals surface area contributed by atoms with E-state index in [2.05, 4.69) is 25.6 Å². The van der Waals surface area contributed by atoms with Gasteiger partial charge in [0.05, 0.1) is 5.39 Å². The second-order valence-corrected chi connectivity index (χ2v) is 7.37. The van der Waals surface area contributed by atoms with E-state index < -0.39 is 0 Å². The number of aromatic nitrogens is 4. The van der Waals surface area contributed by atoms with Crippen LogP contribution >= 0.6 is 11.3 Å². The number of rotatable bonds is 5. The van der Waals surface area contributed by atoms with Crippen LogP contribution in [-0.2, 0) is 0 Å². The predicted octanol–water partition coefficient (Wildman–Crippen LogP) is 5.50. The maximum Gasteiger partial charge on any atom is 0.333 e. The molecule has 0 atom stereocenters. The zero-order valence-corrected chi connectivity index (χ0v) is 16.9. The molecule has 0 aliphatic rings. The number of hydrogen-bond donors (Lipinski definition) is 2. The minimum Gasteiger partial charge on any atom is -0.457 e. The minimum absolute atomic E-state index is 0.336. The number of para-hydroxylation sites is 1. The van der Waals surface area contributed by atoms with E-state index in [1.54, 1.807) is 23.8 Å². The molecule has 0 spiro atoms. The number of hydrogen-bond acceptors (Lipinski definition) is 7. The number of carbonyl (C=O) groups is 1. The number of amides is 1. The second kappa shape index (κ2) is 8.25. The average molecular weight is 428 g/mol. The summed E-state index contributed by atoms with van der Waals surface area (Å²) < 4.78 is 7.25. The molecular formula is C22H16N6O2S. The third-order valence-corrected chi connectivity index (χ3v) is 5.13. The molecule has 0 aliphatic carbocycles. The molecule has 2 N–H and O–H groups in total. The molecule has 3 aromatic heterocycles. The summed E-state index contributed by atoms with van der Waals surface area (Å²) in [6, 6.07) is 18.6. The number of ether oxygens (including phenoxy) is 1. The van der Waals surface area contributed by atoms with E-state index in [4.69, 9.17) is 4.74 Å². The molecule has 31 heavy (non-hydrogen) atoms. The van der Waals surface area contributed by atoms with Gasteiger partial charge in [-0.05, 0) is 42.5 Å². The standard InChI is InChI=1S/C22H16N6O2S/c29-22(27-21-23-11-13-31-21)28-12-10-18-19(24-14-25-20(18)28)26-15-6-8-17(9-7-15)30-16-4-2-1-3-5-16/h1-14H,(H,23,27,29)(H,24,25,26). The molecular weight excluding hydrogens is 412 g/mol. The Balaban J connectivity index is 1.35. The summed E-state index contributed by atoms with van der Waals surface area (Å²) in [4.78, 5) is 25.2. The third-order valence-electron chi connectivity index (χ3n) is 4.44. The minimum atomic E-state index is -0.336. The van der Waals surface area contributed by atoms with Crippen molar-refractivity contribution in [3.05, 3.63) is 84.8 Å². The number of fused-ring (bicyclic) bond motifs is 1. The lowest BCUT2D eigenvalue weighted by Gasteiger charge is -2.09. The van der Waals surface area contributed by atoms with Crippen molar-refractivity contribution in [2.45, 2.75) is 0 Å². The van der Waals surface area contributed by atoms with Crippen LogP contribution in [0.1, 0.15) is 0 Å². The van der Waals surface area contributed by atoms with Gasteiger partial charge in [0.1, 0.15) is 23.6 Å². The van der Waals surface area contributed by atoms with E-state index in [1.807, 2.05) is 54.6 Å². The van der Waals surface area contributed by atoms with Crippen molar-refractivity contribution >= 4 is 45.0 Å². The number of nitrogens with one attached hydrogen (secondary N) is 2. The number of nitrogens with zero attached hydrogens (tertiary/aromatic N) is 4. The zero-order valence-electron chi connectivity index (χ0n) is 16.1. The normalized spacial score (nSPS) is 10.7. The fourth-order valence-corrected chi connectivity index (χ4v) is 3.54. The lowest BCUT2D eigenvalue weighted by Crippen LogP contribution is -2.18. The monoisotopic (exact) mass is 428 g/mol. The van der Waals surface area contributed by atoms with Crippen molar-refractivity contribution in [1.82, 2.24) is 19.5 Å². The van der Waals surface area contributed by atoms with Crippen molar-refractivity contribution in [1.29, 1.82) is 0 Å². The van der Waals surface area contributed by atoms with Crippen LogP contribution in [0.5, 0.6) is 11.5 Å². The fourth-order valence-electron chi connectivity index (χ4n) is 3.02. The molecule has 0 saturated heterocycles. The zero-order chi connectivity index (χ0) is 21.0. The van der Waals surface area contributed by atoms with Gasteiger partial charge in [0.15, 0.2) is 10.8 Å². The quantitative estimate of drug-likeness (QED) is 0.384. The highest BCUT2D eigenvalue weighted by atomic mass is 32.1. The summed E-state index contributed by atoms with van der Waals surface area (Å²) in [7, 11) is 0. The molecule has 0 aliphatic heterocycles. The molecule has 3 heterocycles. The number of thiazole rings is 1. The Hall–Kier alpha value is -4.24. The Morgan fingerprint density at radius 3 is 2.52 bits per heavy atom. The first-order valence-electron chi connectivity index (χ1n) is 9.39. The molecule has 152 valence electrons. The van der Waals surface area contributed by atoms with Gasteiger partial charge in [-0.2, -0.15) is 0 Å². The largest absolute Gasteiger partial charge is 0.457 e. The highest BCUT2D eigenvalue weighted by Crippen LogP contribution is 2.27. The molecule has 0 fully saturated rings. The van der Waals surface area contributed by atoms with Crippen LogP contribution in [0.15, 0.2) is 84.8 Å². The topological polar surface area (TPSA) is 94.0 Å². The Morgan fingerprint density at radius 2 is 1.74 bits per heavy atom. The molecule has 0 radical (unpaired) electrons. The lowest BCUT2D eigenvalue weighted by atomic mass is 10.3. The fraction of sp³-hybridized carbons (Fsp3) is 0. The molecule has 5 rings (SSSR count). The molecule has 0 unspecified atom stereocenters. The van der Waals surface area contributed by atoms with Gasteiger partial charge in [-0.25, -0.2) is 19.7 Å². The summed E-state index contributed by atoms with van der Waals surface area (Å²) in [5.41, 5.74) is 1.33. The van der Waals surface area contributed by atoms with Crippen LogP contribution in [0.4, 0.5) is 21.4 Å². The van der Waals surface area contributed by atoms with Gasteiger partial charge in [-0.15, -0.1) is 11.3 Å². The molecule has 2 aromatic carbocycles. The van der Waals surface area contributed by atoms with Crippen molar-refractivity contribution < 1.29 is 9.53 Å². The SMILES string of the molecule is O=C(Nc1nccs1)n1ccc2c(Nc3ccc(Oc4ccccc4)cc3)ncnc21. The van der Waals surface area contributed by atoms with Crippen molar-refractivity contribution in [2.24, 2.45) is 0 Å². The van der Waals surface area contributed by atoms with E-state index in [1.165, 1.54) is 22.2 Å². The summed E-state index contributed by atoms with van der Waals surface area (Å²) in [6.45, 7) is 0. The van der Waals surface area contributed by atoms with Gasteiger partial charge in [-0.1, -0.05) is 18.2 Å². The van der Waals surface area contributed by atoms with Crippen LogP contribution in [0, 0.1) is 0 Å². The number of carbonyl (C=O) groups excluding carboxylic acids is 1. The van der Waals surface area contributed by atoms with E-state index in [0.717, 1.165) is 22.6 Å². The molecule has 0 bridgehead atoms. The first-order valence-corrected chi connectivity index (χ1v) is 10.3. The third kappa shape index (κ3) is 4.07. The van der Waals surface area contributed by atoms with Gasteiger partial charge >= 0.3 is 6.03 Å². The van der Waals surface area contributed by atoms with Gasteiger partial charge in [-0.3, -0.25) is 9.88 Å². The Labute approximate surface area is 181 Å². The van der Waals surface area contributed by atoms with Crippen LogP contribution in [0.2, 0.25) is 0 Å². The Bertz CT molecular complexity index is 1320. The van der Waals surface area contributed by atoms with E-state index in [-0.39, 0.29) is 6.03 Å². The van der Waals surface area contributed by atoms with Crippen molar-refractivity contribution in [2.75, 3.05) is 10.6 Å². The second-order valence-electron chi connectivity index (χ2n) is 6.48. The molecule has 1 amide bonds. The number of benzene rings is 2. The Morgan fingerprint density at radius 1 is 0.935 bits per heavy atom. The molecule has 9 heteroatoms. The highest BCUT2D eigenvalue weighted by molar-refractivity contribution is 7.13. The summed E-state index contributed by atoms with van der Waals surface area (Å²) in [5.74, 6) is 2.11. The van der Waals surface area contributed by atoms with Crippen LogP contribution < -0.4 is 15.4 Å². The Kier molecular flexibility index (Phi) is 4.99. The van der Waals surface area contributed by atoms with E-state index in [9.17, 15) is 4.79 Å². The van der Waals surface area contributed by atoms with Gasteiger partial charge in [0.2, 0.25) is 0 Å². The molecule has 5 aromatic rings. The summed E-state index contributed by atoms with van der Waals surface area (Å²) in [6.07, 6.45) is 4.71. The van der Waals surface area contributed by atoms with Crippen LogP contribution in [0.25, 0.3) is 11.0 Å². The lowest BCUT2D eigenvalue weighted by molar-refractivity contribution is 0.254. The number of anilines is 3. The van der Waals surface area contributed by atoms with Crippen molar-refractivity contribution in [3.8, 4) is 11.5 Å². The van der Waals surface area contributed by atoms with Gasteiger partial charge < -0.3 is 10.1 Å². The summed E-state index contributed by atoms with van der Waals surface area (Å²) in [5, 5.41) is 9.07. The smallest absolute Gasteiger partial charge is 0.333 e. The van der Waals surface area contributed by atoms with Crippen LogP contribution in [-0.4, -0.2) is 25.6 Å². The van der Waals surface area contributed by atoms with Crippen LogP contribution in [0.3, 0.4) is 0 Å². The molecule has 8 nitrogen and oxygen atoms in total. The van der Waals surface area contributed by atoms with E-state index in [0.29, 0.717) is 16.6 Å². The highest BCUT2D eigenvalue weighted by Gasteiger charge is 2.14. The first-order chi connectivity index (χ1) is 15.3. The van der Waals surface area contributed by atoms with E-state index >= 15 is 0 Å². The van der Waals surface area contributed by atoms with Gasteiger partial charge in [0, 0.05) is 23.5 Å². The maximum absolute atomic E-state index is 12.6. The average Bonchev–Trinajstić information content (AvgIpc) is 3.46.